The smallest absolute Gasteiger partial charge is 0.260 e. The number of carbonyl (C=O) groups excluding carboxylic acids is 1. The number of benzene rings is 1. The standard InChI is InChI=1S/C15H24N2O2/c1-11-6-7-14(10-12(11)2)19-13(3)15(18)16-8-9-17(4)5/h6-7,10,13H,8-9H2,1-5H3,(H,16,18). The molecule has 1 rings (SSSR count). The number of likely N-dealkylation sites (N-methyl/N-ethyl adjacent to an activating group) is 1. The molecule has 1 amide bonds. The zero-order chi connectivity index (χ0) is 14.4. The first-order valence-electron chi connectivity index (χ1n) is 6.56. The van der Waals surface area contributed by atoms with E-state index in [1.807, 2.05) is 44.1 Å². The minimum Gasteiger partial charge on any atom is -0.481 e. The van der Waals surface area contributed by atoms with Gasteiger partial charge in [-0.25, -0.2) is 0 Å². The summed E-state index contributed by atoms with van der Waals surface area (Å²) in [5, 5.41) is 2.85. The number of carbonyl (C=O) groups is 1. The molecule has 1 atom stereocenters. The lowest BCUT2D eigenvalue weighted by Crippen LogP contribution is -2.39. The van der Waals surface area contributed by atoms with Crippen molar-refractivity contribution in [1.82, 2.24) is 10.2 Å². The third-order valence-electron chi connectivity index (χ3n) is 3.02. The Kier molecular flexibility index (Phi) is 5.83. The molecule has 0 fully saturated rings. The number of hydrogen-bond acceptors (Lipinski definition) is 3. The van der Waals surface area contributed by atoms with Crippen molar-refractivity contribution >= 4 is 5.91 Å². The molecular weight excluding hydrogens is 240 g/mol. The quantitative estimate of drug-likeness (QED) is 0.851. The van der Waals surface area contributed by atoms with Crippen molar-refractivity contribution in [3.05, 3.63) is 29.3 Å². The molecule has 4 heteroatoms. The van der Waals surface area contributed by atoms with Gasteiger partial charge in [0.2, 0.25) is 0 Å². The lowest BCUT2D eigenvalue weighted by Gasteiger charge is -2.16. The first kappa shape index (κ1) is 15.5. The second-order valence-electron chi connectivity index (χ2n) is 5.10. The third-order valence-corrected chi connectivity index (χ3v) is 3.02. The Morgan fingerprint density at radius 1 is 1.32 bits per heavy atom. The van der Waals surface area contributed by atoms with Gasteiger partial charge in [-0.15, -0.1) is 0 Å². The summed E-state index contributed by atoms with van der Waals surface area (Å²) in [6.45, 7) is 7.30. The van der Waals surface area contributed by atoms with Gasteiger partial charge in [-0.3, -0.25) is 4.79 Å². The highest BCUT2D eigenvalue weighted by atomic mass is 16.5. The number of hydrogen-bond donors (Lipinski definition) is 1. The molecule has 0 heterocycles. The fraction of sp³-hybridized carbons (Fsp3) is 0.533. The fourth-order valence-corrected chi connectivity index (χ4v) is 1.59. The summed E-state index contributed by atoms with van der Waals surface area (Å²) in [5.41, 5.74) is 2.38. The van der Waals surface area contributed by atoms with Gasteiger partial charge in [0, 0.05) is 13.1 Å². The minimum atomic E-state index is -0.482. The number of ether oxygens (including phenoxy) is 1. The summed E-state index contributed by atoms with van der Waals surface area (Å²) in [4.78, 5) is 13.8. The molecule has 0 aliphatic heterocycles. The highest BCUT2D eigenvalue weighted by molar-refractivity contribution is 5.80. The molecule has 0 spiro atoms. The first-order chi connectivity index (χ1) is 8.90. The van der Waals surface area contributed by atoms with Crippen LogP contribution in [0.4, 0.5) is 0 Å². The van der Waals surface area contributed by atoms with Gasteiger partial charge in [-0.2, -0.15) is 0 Å². The number of rotatable bonds is 6. The van der Waals surface area contributed by atoms with Gasteiger partial charge >= 0.3 is 0 Å². The van der Waals surface area contributed by atoms with Crippen LogP contribution in [-0.4, -0.2) is 44.1 Å². The Morgan fingerprint density at radius 3 is 2.58 bits per heavy atom. The van der Waals surface area contributed by atoms with Crippen LogP contribution in [0.3, 0.4) is 0 Å². The largest absolute Gasteiger partial charge is 0.481 e. The molecule has 0 aromatic heterocycles. The Bertz CT molecular complexity index is 430. The maximum atomic E-state index is 11.8. The van der Waals surface area contributed by atoms with Crippen LogP contribution in [0.1, 0.15) is 18.1 Å². The highest BCUT2D eigenvalue weighted by Gasteiger charge is 2.14. The zero-order valence-electron chi connectivity index (χ0n) is 12.5. The highest BCUT2D eigenvalue weighted by Crippen LogP contribution is 2.17. The monoisotopic (exact) mass is 264 g/mol. The van der Waals surface area contributed by atoms with Crippen LogP contribution in [0, 0.1) is 13.8 Å². The molecule has 0 aliphatic rings. The van der Waals surface area contributed by atoms with Gasteiger partial charge in [-0.1, -0.05) is 6.07 Å². The molecule has 0 saturated carbocycles. The van der Waals surface area contributed by atoms with E-state index in [0.29, 0.717) is 6.54 Å². The Hall–Kier alpha value is -1.55. The van der Waals surface area contributed by atoms with Crippen LogP contribution in [-0.2, 0) is 4.79 Å². The van der Waals surface area contributed by atoms with Crippen LogP contribution in [0.2, 0.25) is 0 Å². The van der Waals surface area contributed by atoms with Crippen molar-refractivity contribution in [2.45, 2.75) is 26.9 Å². The predicted molar refractivity (Wildman–Crippen MR) is 77.6 cm³/mol. The summed E-state index contributed by atoms with van der Waals surface area (Å²) >= 11 is 0. The Balaban J connectivity index is 2.47. The second kappa shape index (κ2) is 7.14. The van der Waals surface area contributed by atoms with Crippen molar-refractivity contribution in [3.8, 4) is 5.75 Å². The van der Waals surface area contributed by atoms with E-state index in [4.69, 9.17) is 4.74 Å². The summed E-state index contributed by atoms with van der Waals surface area (Å²) < 4.78 is 5.64. The molecule has 19 heavy (non-hydrogen) atoms. The van der Waals surface area contributed by atoms with Crippen LogP contribution >= 0.6 is 0 Å². The Labute approximate surface area is 115 Å². The van der Waals surface area contributed by atoms with Crippen LogP contribution < -0.4 is 10.1 Å². The molecule has 0 saturated heterocycles. The topological polar surface area (TPSA) is 41.6 Å². The minimum absolute atomic E-state index is 0.0833. The number of nitrogens with zero attached hydrogens (tertiary/aromatic N) is 1. The van der Waals surface area contributed by atoms with Crippen molar-refractivity contribution < 1.29 is 9.53 Å². The van der Waals surface area contributed by atoms with Crippen LogP contribution in [0.25, 0.3) is 0 Å². The van der Waals surface area contributed by atoms with E-state index < -0.39 is 6.10 Å². The van der Waals surface area contributed by atoms with E-state index in [9.17, 15) is 4.79 Å². The molecule has 0 aliphatic carbocycles. The van der Waals surface area contributed by atoms with Gasteiger partial charge in [0.25, 0.3) is 5.91 Å². The van der Waals surface area contributed by atoms with Crippen molar-refractivity contribution in [2.75, 3.05) is 27.2 Å². The lowest BCUT2D eigenvalue weighted by molar-refractivity contribution is -0.127. The molecule has 1 unspecified atom stereocenters. The number of nitrogens with one attached hydrogen (secondary N) is 1. The Morgan fingerprint density at radius 2 is 2.00 bits per heavy atom. The number of aryl methyl sites for hydroxylation is 2. The van der Waals surface area contributed by atoms with Gasteiger partial charge in [0.05, 0.1) is 0 Å². The molecule has 1 aromatic rings. The summed E-state index contributed by atoms with van der Waals surface area (Å²) in [7, 11) is 3.95. The van der Waals surface area contributed by atoms with E-state index in [1.54, 1.807) is 6.92 Å². The van der Waals surface area contributed by atoms with Gasteiger partial charge in [0.1, 0.15) is 5.75 Å². The van der Waals surface area contributed by atoms with Crippen LogP contribution in [0.5, 0.6) is 5.75 Å². The maximum absolute atomic E-state index is 11.8. The van der Waals surface area contributed by atoms with E-state index in [2.05, 4.69) is 12.2 Å². The molecular formula is C15H24N2O2. The lowest BCUT2D eigenvalue weighted by atomic mass is 10.1. The summed E-state index contributed by atoms with van der Waals surface area (Å²) in [6.07, 6.45) is -0.482. The van der Waals surface area contributed by atoms with E-state index in [-0.39, 0.29) is 5.91 Å². The zero-order valence-corrected chi connectivity index (χ0v) is 12.5. The average molecular weight is 264 g/mol. The van der Waals surface area contributed by atoms with Crippen molar-refractivity contribution in [2.24, 2.45) is 0 Å². The third kappa shape index (κ3) is 5.30. The molecule has 106 valence electrons. The maximum Gasteiger partial charge on any atom is 0.260 e. The molecule has 0 radical (unpaired) electrons. The average Bonchev–Trinajstić information content (AvgIpc) is 2.33. The predicted octanol–water partition coefficient (Wildman–Crippen LogP) is 1.75. The molecule has 0 bridgehead atoms. The van der Waals surface area contributed by atoms with Gasteiger partial charge in [-0.05, 0) is 58.1 Å². The second-order valence-corrected chi connectivity index (χ2v) is 5.10. The fourth-order valence-electron chi connectivity index (χ4n) is 1.59. The van der Waals surface area contributed by atoms with Crippen LogP contribution in [0.15, 0.2) is 18.2 Å². The first-order valence-corrected chi connectivity index (χ1v) is 6.56. The molecule has 1 aromatic carbocycles. The van der Waals surface area contributed by atoms with E-state index >= 15 is 0 Å². The van der Waals surface area contributed by atoms with E-state index in [1.165, 1.54) is 5.56 Å². The van der Waals surface area contributed by atoms with E-state index in [0.717, 1.165) is 17.9 Å². The molecule has 1 N–H and O–H groups in total. The van der Waals surface area contributed by atoms with Crippen molar-refractivity contribution in [1.29, 1.82) is 0 Å². The molecule has 4 nitrogen and oxygen atoms in total. The summed E-state index contributed by atoms with van der Waals surface area (Å²) in [6, 6.07) is 5.85. The summed E-state index contributed by atoms with van der Waals surface area (Å²) in [5.74, 6) is 0.651. The normalized spacial score (nSPS) is 12.3. The van der Waals surface area contributed by atoms with Gasteiger partial charge in [0.15, 0.2) is 6.10 Å². The van der Waals surface area contributed by atoms with Crippen molar-refractivity contribution in [3.63, 3.8) is 0 Å². The SMILES string of the molecule is Cc1ccc(OC(C)C(=O)NCCN(C)C)cc1C. The number of amides is 1. The van der Waals surface area contributed by atoms with Gasteiger partial charge < -0.3 is 15.0 Å².